The van der Waals surface area contributed by atoms with Crippen LogP contribution in [0.3, 0.4) is 0 Å². The number of fused-ring (bicyclic) bond motifs is 1. The molecule has 0 amide bonds. The zero-order chi connectivity index (χ0) is 13.9. The summed E-state index contributed by atoms with van der Waals surface area (Å²) in [6, 6.07) is 17.5. The maximum absolute atomic E-state index is 10.4. The van der Waals surface area contributed by atoms with Gasteiger partial charge in [-0.1, -0.05) is 18.2 Å². The molecule has 0 saturated carbocycles. The average Bonchev–Trinajstić information content (AvgIpc) is 2.89. The molecule has 2 aromatic carbocycles. The summed E-state index contributed by atoms with van der Waals surface area (Å²) < 4.78 is 5.11. The highest BCUT2D eigenvalue weighted by molar-refractivity contribution is 5.85. The van der Waals surface area contributed by atoms with Gasteiger partial charge in [0, 0.05) is 16.6 Å². The van der Waals surface area contributed by atoms with E-state index in [1.165, 1.54) is 0 Å². The molecule has 0 aliphatic carbocycles. The van der Waals surface area contributed by atoms with Crippen LogP contribution < -0.4 is 4.74 Å². The molecule has 0 radical (unpaired) electrons. The van der Waals surface area contributed by atoms with Gasteiger partial charge >= 0.3 is 5.97 Å². The Hall–Kier alpha value is -2.75. The minimum Gasteiger partial charge on any atom is -0.482 e. The quantitative estimate of drug-likeness (QED) is 0.762. The normalized spacial score (nSPS) is 10.6. The van der Waals surface area contributed by atoms with Crippen LogP contribution in [0.25, 0.3) is 22.2 Å². The summed E-state index contributed by atoms with van der Waals surface area (Å²) in [6.45, 7) is -0.328. The molecule has 1 aromatic heterocycles. The van der Waals surface area contributed by atoms with Crippen molar-refractivity contribution in [2.75, 3.05) is 6.61 Å². The number of nitrogens with one attached hydrogen (secondary N) is 1. The molecule has 0 bridgehead atoms. The second kappa shape index (κ2) is 5.09. The van der Waals surface area contributed by atoms with Gasteiger partial charge < -0.3 is 14.8 Å². The van der Waals surface area contributed by atoms with Crippen molar-refractivity contribution in [3.05, 3.63) is 54.6 Å². The highest BCUT2D eigenvalue weighted by atomic mass is 16.5. The van der Waals surface area contributed by atoms with E-state index in [1.807, 2.05) is 30.3 Å². The highest BCUT2D eigenvalue weighted by Gasteiger charge is 2.04. The molecule has 100 valence electrons. The third kappa shape index (κ3) is 2.49. The molecule has 2 N–H and O–H groups in total. The Kier molecular flexibility index (Phi) is 3.13. The molecule has 0 unspecified atom stereocenters. The van der Waals surface area contributed by atoms with E-state index in [4.69, 9.17) is 9.84 Å². The fourth-order valence-corrected chi connectivity index (χ4v) is 2.10. The summed E-state index contributed by atoms with van der Waals surface area (Å²) in [4.78, 5) is 13.8. The first-order chi connectivity index (χ1) is 9.72. The molecule has 0 fully saturated rings. The number of carbonyl (C=O) groups is 1. The smallest absolute Gasteiger partial charge is 0.341 e. The highest BCUT2D eigenvalue weighted by Crippen LogP contribution is 2.25. The van der Waals surface area contributed by atoms with Crippen LogP contribution >= 0.6 is 0 Å². The van der Waals surface area contributed by atoms with Gasteiger partial charge in [-0.05, 0) is 42.0 Å². The molecule has 0 aliphatic rings. The Morgan fingerprint density at radius 3 is 2.55 bits per heavy atom. The van der Waals surface area contributed by atoms with E-state index in [1.54, 1.807) is 12.1 Å². The van der Waals surface area contributed by atoms with Gasteiger partial charge in [-0.25, -0.2) is 4.79 Å². The third-order valence-corrected chi connectivity index (χ3v) is 3.06. The molecule has 1 heterocycles. The molecule has 0 saturated heterocycles. The molecular formula is C16H13NO3. The van der Waals surface area contributed by atoms with E-state index in [0.717, 1.165) is 22.2 Å². The van der Waals surface area contributed by atoms with Crippen LogP contribution in [0, 0.1) is 0 Å². The van der Waals surface area contributed by atoms with Gasteiger partial charge in [0.2, 0.25) is 0 Å². The number of hydrogen-bond donors (Lipinski definition) is 2. The Morgan fingerprint density at radius 2 is 1.85 bits per heavy atom. The van der Waals surface area contributed by atoms with Gasteiger partial charge in [0.25, 0.3) is 0 Å². The second-order valence-electron chi connectivity index (χ2n) is 4.48. The van der Waals surface area contributed by atoms with Crippen molar-refractivity contribution in [3.8, 4) is 17.0 Å². The van der Waals surface area contributed by atoms with E-state index in [-0.39, 0.29) is 6.61 Å². The van der Waals surface area contributed by atoms with Crippen LogP contribution in [0.4, 0.5) is 0 Å². The molecule has 0 spiro atoms. The van der Waals surface area contributed by atoms with Crippen LogP contribution in [0.15, 0.2) is 54.6 Å². The van der Waals surface area contributed by atoms with Crippen LogP contribution in [0.1, 0.15) is 0 Å². The molecule has 4 heteroatoms. The van der Waals surface area contributed by atoms with E-state index < -0.39 is 5.97 Å². The van der Waals surface area contributed by atoms with Crippen molar-refractivity contribution < 1.29 is 14.6 Å². The maximum Gasteiger partial charge on any atom is 0.341 e. The lowest BCUT2D eigenvalue weighted by Gasteiger charge is -2.04. The molecule has 0 atom stereocenters. The largest absolute Gasteiger partial charge is 0.482 e. The van der Waals surface area contributed by atoms with Crippen molar-refractivity contribution in [2.24, 2.45) is 0 Å². The summed E-state index contributed by atoms with van der Waals surface area (Å²) >= 11 is 0. The van der Waals surface area contributed by atoms with Crippen LogP contribution in [-0.4, -0.2) is 22.7 Å². The number of carboxylic acid groups (broad SMARTS) is 1. The minimum absolute atomic E-state index is 0.328. The van der Waals surface area contributed by atoms with E-state index in [9.17, 15) is 4.79 Å². The van der Waals surface area contributed by atoms with Gasteiger partial charge in [-0.3, -0.25) is 0 Å². The molecule has 4 nitrogen and oxygen atoms in total. The predicted octanol–water partition coefficient (Wildman–Crippen LogP) is 3.30. The molecular weight excluding hydrogens is 254 g/mol. The SMILES string of the molecule is O=C(O)COc1ccc(-c2cc3ccccc3[nH]2)cc1. The summed E-state index contributed by atoms with van der Waals surface area (Å²) in [5, 5.41) is 9.72. The van der Waals surface area contributed by atoms with Gasteiger partial charge in [0.1, 0.15) is 5.75 Å². The zero-order valence-corrected chi connectivity index (χ0v) is 10.7. The van der Waals surface area contributed by atoms with Gasteiger partial charge in [0.05, 0.1) is 0 Å². The standard InChI is InChI=1S/C16H13NO3/c18-16(19)10-20-13-7-5-11(6-8-13)15-9-12-3-1-2-4-14(12)17-15/h1-9,17H,10H2,(H,18,19). The molecule has 3 rings (SSSR count). The maximum atomic E-state index is 10.4. The number of para-hydroxylation sites is 1. The van der Waals surface area contributed by atoms with Crippen molar-refractivity contribution in [1.29, 1.82) is 0 Å². The lowest BCUT2D eigenvalue weighted by Crippen LogP contribution is -2.09. The number of rotatable bonds is 4. The first-order valence-electron chi connectivity index (χ1n) is 6.25. The summed E-state index contributed by atoms with van der Waals surface area (Å²) in [7, 11) is 0. The minimum atomic E-state index is -0.982. The number of H-pyrrole nitrogens is 1. The average molecular weight is 267 g/mol. The van der Waals surface area contributed by atoms with E-state index >= 15 is 0 Å². The topological polar surface area (TPSA) is 62.3 Å². The Morgan fingerprint density at radius 1 is 1.10 bits per heavy atom. The predicted molar refractivity (Wildman–Crippen MR) is 76.9 cm³/mol. The molecule has 3 aromatic rings. The molecule has 0 aliphatic heterocycles. The monoisotopic (exact) mass is 267 g/mol. The van der Waals surface area contributed by atoms with Crippen molar-refractivity contribution in [3.63, 3.8) is 0 Å². The van der Waals surface area contributed by atoms with Crippen LogP contribution in [-0.2, 0) is 4.79 Å². The summed E-state index contributed by atoms with van der Waals surface area (Å²) in [5.41, 5.74) is 3.15. The summed E-state index contributed by atoms with van der Waals surface area (Å²) in [6.07, 6.45) is 0. The number of carboxylic acids is 1. The Labute approximate surface area is 115 Å². The number of aromatic nitrogens is 1. The Bertz CT molecular complexity index is 711. The molecule has 20 heavy (non-hydrogen) atoms. The first kappa shape index (κ1) is 12.3. The Balaban J connectivity index is 1.85. The van der Waals surface area contributed by atoms with Gasteiger partial charge in [-0.15, -0.1) is 0 Å². The lowest BCUT2D eigenvalue weighted by atomic mass is 10.1. The fourth-order valence-electron chi connectivity index (χ4n) is 2.10. The fraction of sp³-hybridized carbons (Fsp3) is 0.0625. The van der Waals surface area contributed by atoms with E-state index in [0.29, 0.717) is 5.75 Å². The third-order valence-electron chi connectivity index (χ3n) is 3.06. The van der Waals surface area contributed by atoms with Crippen molar-refractivity contribution >= 4 is 16.9 Å². The number of hydrogen-bond acceptors (Lipinski definition) is 2. The number of aromatic amines is 1. The zero-order valence-electron chi connectivity index (χ0n) is 10.7. The van der Waals surface area contributed by atoms with Gasteiger partial charge in [0.15, 0.2) is 6.61 Å². The van der Waals surface area contributed by atoms with Crippen molar-refractivity contribution in [1.82, 2.24) is 4.98 Å². The van der Waals surface area contributed by atoms with Crippen molar-refractivity contribution in [2.45, 2.75) is 0 Å². The second-order valence-corrected chi connectivity index (χ2v) is 4.48. The number of benzene rings is 2. The lowest BCUT2D eigenvalue weighted by molar-refractivity contribution is -0.139. The first-order valence-corrected chi connectivity index (χ1v) is 6.25. The van der Waals surface area contributed by atoms with Crippen LogP contribution in [0.5, 0.6) is 5.75 Å². The van der Waals surface area contributed by atoms with Crippen LogP contribution in [0.2, 0.25) is 0 Å². The number of ether oxygens (including phenoxy) is 1. The van der Waals surface area contributed by atoms with E-state index in [2.05, 4.69) is 17.1 Å². The summed E-state index contributed by atoms with van der Waals surface area (Å²) in [5.74, 6) is -0.433. The number of aliphatic carboxylic acids is 1. The van der Waals surface area contributed by atoms with Gasteiger partial charge in [-0.2, -0.15) is 0 Å².